The number of benzene rings is 1. The number of hydrogen-bond donors (Lipinski definition) is 3. The molecule has 1 aliphatic heterocycles. The standard InChI is InChI=1S/C17H16N6OS/c1-10-9-19-16(22-15(10)23-17-18-6-7-25-17)20-12-3-4-13-11(8-12)2-5-14(24)21-13/h3-4,6-9H,2,5H2,1H3,(H,21,24)(H2,18,19,20,22,23). The summed E-state index contributed by atoms with van der Waals surface area (Å²) >= 11 is 1.51. The van der Waals surface area contributed by atoms with Crippen molar-refractivity contribution in [3.63, 3.8) is 0 Å². The largest absolute Gasteiger partial charge is 0.326 e. The molecular formula is C17H16N6OS. The van der Waals surface area contributed by atoms with Crippen molar-refractivity contribution in [1.29, 1.82) is 0 Å². The van der Waals surface area contributed by atoms with E-state index in [9.17, 15) is 4.79 Å². The number of rotatable bonds is 4. The van der Waals surface area contributed by atoms with Crippen LogP contribution in [0.3, 0.4) is 0 Å². The fraction of sp³-hybridized carbons (Fsp3) is 0.176. The molecular weight excluding hydrogens is 336 g/mol. The van der Waals surface area contributed by atoms with Gasteiger partial charge in [0.2, 0.25) is 11.9 Å². The first-order valence-corrected chi connectivity index (χ1v) is 8.75. The van der Waals surface area contributed by atoms with E-state index in [-0.39, 0.29) is 5.91 Å². The molecule has 2 aromatic heterocycles. The van der Waals surface area contributed by atoms with E-state index in [4.69, 9.17) is 0 Å². The van der Waals surface area contributed by atoms with Gasteiger partial charge in [-0.15, -0.1) is 11.3 Å². The highest BCUT2D eigenvalue weighted by molar-refractivity contribution is 7.13. The summed E-state index contributed by atoms with van der Waals surface area (Å²) in [6.07, 6.45) is 4.76. The van der Waals surface area contributed by atoms with Crippen molar-refractivity contribution in [1.82, 2.24) is 15.0 Å². The molecule has 7 nitrogen and oxygen atoms in total. The van der Waals surface area contributed by atoms with Crippen LogP contribution in [0.2, 0.25) is 0 Å². The SMILES string of the molecule is Cc1cnc(Nc2ccc3c(c2)CCC(=O)N3)nc1Nc1nccs1. The molecule has 1 aromatic carbocycles. The average molecular weight is 352 g/mol. The van der Waals surface area contributed by atoms with Crippen LogP contribution in [-0.4, -0.2) is 20.9 Å². The maximum absolute atomic E-state index is 11.4. The van der Waals surface area contributed by atoms with Crippen molar-refractivity contribution >= 4 is 45.5 Å². The zero-order chi connectivity index (χ0) is 17.2. The number of aryl methyl sites for hydroxylation is 2. The molecule has 0 atom stereocenters. The van der Waals surface area contributed by atoms with Gasteiger partial charge in [0.1, 0.15) is 5.82 Å². The summed E-state index contributed by atoms with van der Waals surface area (Å²) in [5.41, 5.74) is 3.81. The minimum absolute atomic E-state index is 0.0629. The lowest BCUT2D eigenvalue weighted by molar-refractivity contribution is -0.116. The second-order valence-electron chi connectivity index (χ2n) is 5.73. The Morgan fingerprint density at radius 2 is 2.12 bits per heavy atom. The molecule has 1 aliphatic rings. The Balaban J connectivity index is 1.55. The molecule has 126 valence electrons. The third-order valence-electron chi connectivity index (χ3n) is 3.89. The number of anilines is 5. The Kier molecular flexibility index (Phi) is 4.02. The normalized spacial score (nSPS) is 13.1. The molecule has 0 fully saturated rings. The first kappa shape index (κ1) is 15.5. The second-order valence-corrected chi connectivity index (χ2v) is 6.63. The molecule has 3 aromatic rings. The molecule has 0 aliphatic carbocycles. The molecule has 4 rings (SSSR count). The Labute approximate surface area is 148 Å². The van der Waals surface area contributed by atoms with Gasteiger partial charge in [-0.3, -0.25) is 4.79 Å². The van der Waals surface area contributed by atoms with Crippen LogP contribution in [-0.2, 0) is 11.2 Å². The molecule has 1 amide bonds. The number of thiazole rings is 1. The lowest BCUT2D eigenvalue weighted by Crippen LogP contribution is -2.18. The average Bonchev–Trinajstić information content (AvgIpc) is 3.11. The fourth-order valence-electron chi connectivity index (χ4n) is 2.61. The number of aromatic nitrogens is 3. The van der Waals surface area contributed by atoms with Crippen molar-refractivity contribution in [3.8, 4) is 0 Å². The highest BCUT2D eigenvalue weighted by atomic mass is 32.1. The van der Waals surface area contributed by atoms with Gasteiger partial charge in [0.25, 0.3) is 0 Å². The van der Waals surface area contributed by atoms with Gasteiger partial charge in [-0.25, -0.2) is 9.97 Å². The van der Waals surface area contributed by atoms with Crippen molar-refractivity contribution in [2.75, 3.05) is 16.0 Å². The monoisotopic (exact) mass is 352 g/mol. The Bertz CT molecular complexity index is 925. The number of fused-ring (bicyclic) bond motifs is 1. The van der Waals surface area contributed by atoms with Gasteiger partial charge in [-0.2, -0.15) is 4.98 Å². The lowest BCUT2D eigenvalue weighted by atomic mass is 10.0. The van der Waals surface area contributed by atoms with Gasteiger partial charge in [-0.1, -0.05) is 0 Å². The van der Waals surface area contributed by atoms with Gasteiger partial charge in [0, 0.05) is 41.1 Å². The van der Waals surface area contributed by atoms with E-state index in [1.54, 1.807) is 12.4 Å². The summed E-state index contributed by atoms with van der Waals surface area (Å²) in [7, 11) is 0. The van der Waals surface area contributed by atoms with E-state index in [1.807, 2.05) is 30.5 Å². The molecule has 25 heavy (non-hydrogen) atoms. The van der Waals surface area contributed by atoms with Crippen LogP contribution >= 0.6 is 11.3 Å². The van der Waals surface area contributed by atoms with Crippen LogP contribution in [0.1, 0.15) is 17.5 Å². The van der Waals surface area contributed by atoms with Crippen molar-refractivity contribution in [2.45, 2.75) is 19.8 Å². The number of carbonyl (C=O) groups is 1. The number of hydrogen-bond acceptors (Lipinski definition) is 7. The Morgan fingerprint density at radius 3 is 2.96 bits per heavy atom. The summed E-state index contributed by atoms with van der Waals surface area (Å²) in [5, 5.41) is 12.0. The molecule has 0 bridgehead atoms. The number of amides is 1. The highest BCUT2D eigenvalue weighted by Crippen LogP contribution is 2.27. The van der Waals surface area contributed by atoms with Crippen molar-refractivity contribution < 1.29 is 4.79 Å². The third kappa shape index (κ3) is 3.43. The summed E-state index contributed by atoms with van der Waals surface area (Å²) in [5.74, 6) is 1.29. The van der Waals surface area contributed by atoms with Crippen LogP contribution in [0.4, 0.5) is 28.3 Å². The lowest BCUT2D eigenvalue weighted by Gasteiger charge is -2.18. The van der Waals surface area contributed by atoms with Crippen LogP contribution in [0, 0.1) is 6.92 Å². The fourth-order valence-corrected chi connectivity index (χ4v) is 3.13. The number of carbonyl (C=O) groups excluding carboxylic acids is 1. The van der Waals surface area contributed by atoms with E-state index in [1.165, 1.54) is 11.3 Å². The molecule has 0 saturated carbocycles. The van der Waals surface area contributed by atoms with E-state index < -0.39 is 0 Å². The molecule has 8 heteroatoms. The maximum Gasteiger partial charge on any atom is 0.229 e. The predicted octanol–water partition coefficient (Wildman–Crippen LogP) is 3.61. The Hall–Kier alpha value is -3.00. The second kappa shape index (κ2) is 6.48. The van der Waals surface area contributed by atoms with Crippen LogP contribution in [0.25, 0.3) is 0 Å². The van der Waals surface area contributed by atoms with Gasteiger partial charge in [-0.05, 0) is 37.1 Å². The van der Waals surface area contributed by atoms with Crippen molar-refractivity contribution in [3.05, 3.63) is 47.1 Å². The quantitative estimate of drug-likeness (QED) is 0.664. The smallest absolute Gasteiger partial charge is 0.229 e. The molecule has 3 heterocycles. The molecule has 0 spiro atoms. The molecule has 0 unspecified atom stereocenters. The Morgan fingerprint density at radius 1 is 1.20 bits per heavy atom. The topological polar surface area (TPSA) is 91.8 Å². The van der Waals surface area contributed by atoms with E-state index in [2.05, 4.69) is 30.9 Å². The van der Waals surface area contributed by atoms with Gasteiger partial charge < -0.3 is 16.0 Å². The van der Waals surface area contributed by atoms with Gasteiger partial charge in [0.05, 0.1) is 0 Å². The van der Waals surface area contributed by atoms with Crippen LogP contribution in [0.5, 0.6) is 0 Å². The first-order valence-electron chi connectivity index (χ1n) is 7.87. The predicted molar refractivity (Wildman–Crippen MR) is 98.8 cm³/mol. The van der Waals surface area contributed by atoms with Crippen LogP contribution in [0.15, 0.2) is 36.0 Å². The van der Waals surface area contributed by atoms with Gasteiger partial charge in [0.15, 0.2) is 5.13 Å². The van der Waals surface area contributed by atoms with E-state index >= 15 is 0 Å². The van der Waals surface area contributed by atoms with Crippen LogP contribution < -0.4 is 16.0 Å². The third-order valence-corrected chi connectivity index (χ3v) is 4.57. The summed E-state index contributed by atoms with van der Waals surface area (Å²) in [6.45, 7) is 1.95. The number of nitrogens with one attached hydrogen (secondary N) is 3. The number of nitrogens with zero attached hydrogens (tertiary/aromatic N) is 3. The van der Waals surface area contributed by atoms with E-state index in [0.717, 1.165) is 39.9 Å². The molecule has 3 N–H and O–H groups in total. The maximum atomic E-state index is 11.4. The minimum atomic E-state index is 0.0629. The summed E-state index contributed by atoms with van der Waals surface area (Å²) < 4.78 is 0. The molecule has 0 saturated heterocycles. The zero-order valence-electron chi connectivity index (χ0n) is 13.5. The van der Waals surface area contributed by atoms with Crippen molar-refractivity contribution in [2.24, 2.45) is 0 Å². The van der Waals surface area contributed by atoms with Gasteiger partial charge >= 0.3 is 0 Å². The first-order chi connectivity index (χ1) is 12.2. The minimum Gasteiger partial charge on any atom is -0.326 e. The molecule has 0 radical (unpaired) electrons. The highest BCUT2D eigenvalue weighted by Gasteiger charge is 2.15. The zero-order valence-corrected chi connectivity index (χ0v) is 14.4. The summed E-state index contributed by atoms with van der Waals surface area (Å²) in [6, 6.07) is 5.82. The van der Waals surface area contributed by atoms with E-state index in [0.29, 0.717) is 12.4 Å². The summed E-state index contributed by atoms with van der Waals surface area (Å²) in [4.78, 5) is 24.5.